The van der Waals surface area contributed by atoms with Crippen molar-refractivity contribution < 1.29 is 9.53 Å². The van der Waals surface area contributed by atoms with Crippen LogP contribution >= 0.6 is 23.1 Å². The highest BCUT2D eigenvalue weighted by molar-refractivity contribution is 7.99. The van der Waals surface area contributed by atoms with Gasteiger partial charge in [0.2, 0.25) is 0 Å². The van der Waals surface area contributed by atoms with E-state index in [0.717, 1.165) is 38.2 Å². The van der Waals surface area contributed by atoms with E-state index >= 15 is 0 Å². The number of pyridine rings is 1. The van der Waals surface area contributed by atoms with Crippen LogP contribution in [0.5, 0.6) is 5.75 Å². The van der Waals surface area contributed by atoms with Gasteiger partial charge in [-0.3, -0.25) is 9.88 Å². The van der Waals surface area contributed by atoms with Gasteiger partial charge >= 0.3 is 6.09 Å². The van der Waals surface area contributed by atoms with E-state index in [1.807, 2.05) is 72.1 Å². The minimum atomic E-state index is -0.263. The maximum Gasteiger partial charge on any atom is 0.415 e. The lowest BCUT2D eigenvalue weighted by atomic mass is 10.2. The summed E-state index contributed by atoms with van der Waals surface area (Å²) in [6.45, 7) is 4.11. The third-order valence-corrected chi connectivity index (χ3v) is 7.05. The zero-order chi connectivity index (χ0) is 21.3. The molecule has 0 N–H and O–H groups in total. The van der Waals surface area contributed by atoms with Crippen molar-refractivity contribution in [1.29, 1.82) is 0 Å². The van der Waals surface area contributed by atoms with Crippen LogP contribution in [0, 0.1) is 0 Å². The van der Waals surface area contributed by atoms with Gasteiger partial charge in [-0.15, -0.1) is 23.1 Å². The van der Waals surface area contributed by atoms with Crippen LogP contribution in [0.1, 0.15) is 10.6 Å². The fourth-order valence-corrected chi connectivity index (χ4v) is 4.89. The van der Waals surface area contributed by atoms with E-state index in [1.54, 1.807) is 16.2 Å². The molecule has 0 bridgehead atoms. The number of nitrogens with zero attached hydrogens (tertiary/aromatic N) is 4. The smallest absolute Gasteiger partial charge is 0.410 e. The van der Waals surface area contributed by atoms with Gasteiger partial charge in [-0.05, 0) is 36.2 Å². The molecular formula is C23H26N4O2S2. The molecule has 1 amide bonds. The molecule has 0 aliphatic carbocycles. The van der Waals surface area contributed by atoms with Crippen molar-refractivity contribution in [3.63, 3.8) is 0 Å². The Morgan fingerprint density at radius 2 is 1.77 bits per heavy atom. The van der Waals surface area contributed by atoms with Crippen molar-refractivity contribution in [2.75, 3.05) is 38.5 Å². The fraction of sp³-hybridized carbons (Fsp3) is 0.348. The molecule has 0 saturated carbocycles. The highest BCUT2D eigenvalue weighted by Gasteiger charge is 2.22. The number of carbonyl (C=O) groups is 1. The molecule has 1 aliphatic heterocycles. The molecule has 4 rings (SSSR count). The first-order valence-corrected chi connectivity index (χ1v) is 12.3. The molecule has 0 radical (unpaired) electrons. The Kier molecular flexibility index (Phi) is 7.93. The first kappa shape index (κ1) is 21.8. The highest BCUT2D eigenvalue weighted by atomic mass is 32.2. The van der Waals surface area contributed by atoms with Crippen molar-refractivity contribution in [1.82, 2.24) is 19.8 Å². The maximum absolute atomic E-state index is 12.5. The molecule has 1 aromatic carbocycles. The number of thiazole rings is 1. The van der Waals surface area contributed by atoms with E-state index in [2.05, 4.69) is 14.9 Å². The number of aromatic nitrogens is 2. The molecule has 0 unspecified atom stereocenters. The van der Waals surface area contributed by atoms with Gasteiger partial charge in [-0.1, -0.05) is 12.1 Å². The zero-order valence-electron chi connectivity index (χ0n) is 17.4. The van der Waals surface area contributed by atoms with Gasteiger partial charge in [-0.25, -0.2) is 9.78 Å². The predicted octanol–water partition coefficient (Wildman–Crippen LogP) is 4.23. The molecule has 0 atom stereocenters. The zero-order valence-corrected chi connectivity index (χ0v) is 19.0. The number of amides is 1. The fourth-order valence-electron chi connectivity index (χ4n) is 3.39. The summed E-state index contributed by atoms with van der Waals surface area (Å²) in [7, 11) is 0. The number of aryl methyl sites for hydroxylation is 1. The normalized spacial score (nSPS) is 14.5. The van der Waals surface area contributed by atoms with Gasteiger partial charge in [0.1, 0.15) is 5.75 Å². The molecule has 8 heteroatoms. The number of piperazine rings is 1. The van der Waals surface area contributed by atoms with Gasteiger partial charge in [0.25, 0.3) is 0 Å². The molecule has 1 fully saturated rings. The number of ether oxygens (including phenoxy) is 1. The van der Waals surface area contributed by atoms with Crippen molar-refractivity contribution >= 4 is 29.2 Å². The van der Waals surface area contributed by atoms with Crippen LogP contribution < -0.4 is 4.74 Å². The third-order valence-electron chi connectivity index (χ3n) is 5.19. The second-order valence-electron chi connectivity index (χ2n) is 7.30. The van der Waals surface area contributed by atoms with E-state index < -0.39 is 0 Å². The molecule has 2 aromatic heterocycles. The van der Waals surface area contributed by atoms with E-state index in [4.69, 9.17) is 4.74 Å². The van der Waals surface area contributed by atoms with Crippen LogP contribution in [0.4, 0.5) is 4.79 Å². The maximum atomic E-state index is 12.5. The summed E-state index contributed by atoms with van der Waals surface area (Å²) in [5.41, 5.74) is 1.23. The van der Waals surface area contributed by atoms with E-state index in [0.29, 0.717) is 18.8 Å². The Morgan fingerprint density at radius 3 is 2.48 bits per heavy atom. The number of hydrogen-bond donors (Lipinski definition) is 0. The Balaban J connectivity index is 1.16. The Hall–Kier alpha value is -2.42. The monoisotopic (exact) mass is 454 g/mol. The number of carbonyl (C=O) groups excluding carboxylic acids is 1. The minimum Gasteiger partial charge on any atom is -0.410 e. The number of benzene rings is 1. The second-order valence-corrected chi connectivity index (χ2v) is 9.45. The predicted molar refractivity (Wildman–Crippen MR) is 125 cm³/mol. The molecule has 0 spiro atoms. The van der Waals surface area contributed by atoms with Crippen LogP contribution in [-0.2, 0) is 12.8 Å². The van der Waals surface area contributed by atoms with Gasteiger partial charge in [0.15, 0.2) is 0 Å². The minimum absolute atomic E-state index is 0.263. The summed E-state index contributed by atoms with van der Waals surface area (Å²) >= 11 is 3.51. The van der Waals surface area contributed by atoms with Crippen LogP contribution in [0.15, 0.2) is 65.3 Å². The Bertz CT molecular complexity index is 928. The van der Waals surface area contributed by atoms with Crippen LogP contribution in [0.25, 0.3) is 0 Å². The largest absolute Gasteiger partial charge is 0.415 e. The molecule has 6 nitrogen and oxygen atoms in total. The van der Waals surface area contributed by atoms with Crippen molar-refractivity contribution in [3.8, 4) is 5.75 Å². The number of thioether (sulfide) groups is 1. The van der Waals surface area contributed by atoms with Crippen molar-refractivity contribution in [3.05, 3.63) is 70.9 Å². The third kappa shape index (κ3) is 6.78. The first-order chi connectivity index (χ1) is 15.3. The molecule has 3 aromatic rings. The van der Waals surface area contributed by atoms with Crippen molar-refractivity contribution in [2.45, 2.75) is 17.7 Å². The standard InChI is InChI=1S/C23H26N4O2S2/c28-23(27-15-13-26(14-16-27)12-7-22-25-11-18-31-22)29-20-3-1-19(2-4-20)8-17-30-21-5-9-24-10-6-21/h1-6,9-11,18H,7-8,12-17H2. The average Bonchev–Trinajstić information content (AvgIpc) is 3.34. The quantitative estimate of drug-likeness (QED) is 0.475. The Labute approximate surface area is 191 Å². The molecule has 162 valence electrons. The second kappa shape index (κ2) is 11.3. The van der Waals surface area contributed by atoms with Crippen LogP contribution in [0.2, 0.25) is 0 Å². The number of hydrogen-bond acceptors (Lipinski definition) is 7. The van der Waals surface area contributed by atoms with E-state index in [9.17, 15) is 4.79 Å². The summed E-state index contributed by atoms with van der Waals surface area (Å²) in [4.78, 5) is 26.3. The van der Waals surface area contributed by atoms with Gasteiger partial charge in [0, 0.05) is 73.8 Å². The SMILES string of the molecule is O=C(Oc1ccc(CCSc2ccncc2)cc1)N1CCN(CCc2nccs2)CC1. The molecule has 3 heterocycles. The lowest BCUT2D eigenvalue weighted by molar-refractivity contribution is 0.111. The highest BCUT2D eigenvalue weighted by Crippen LogP contribution is 2.20. The summed E-state index contributed by atoms with van der Waals surface area (Å²) in [5, 5.41) is 3.18. The van der Waals surface area contributed by atoms with Crippen LogP contribution in [-0.4, -0.2) is 64.3 Å². The lowest BCUT2D eigenvalue weighted by Crippen LogP contribution is -2.49. The van der Waals surface area contributed by atoms with Gasteiger partial charge in [-0.2, -0.15) is 0 Å². The summed E-state index contributed by atoms with van der Waals surface area (Å²) < 4.78 is 5.58. The van der Waals surface area contributed by atoms with Gasteiger partial charge < -0.3 is 9.64 Å². The number of rotatable bonds is 8. The van der Waals surface area contributed by atoms with Crippen molar-refractivity contribution in [2.24, 2.45) is 0 Å². The first-order valence-electron chi connectivity index (χ1n) is 10.5. The van der Waals surface area contributed by atoms with Gasteiger partial charge in [0.05, 0.1) is 5.01 Å². The molecular weight excluding hydrogens is 428 g/mol. The Morgan fingerprint density at radius 1 is 1.00 bits per heavy atom. The summed E-state index contributed by atoms with van der Waals surface area (Å²) in [5.74, 6) is 1.59. The summed E-state index contributed by atoms with van der Waals surface area (Å²) in [6, 6.07) is 11.9. The van der Waals surface area contributed by atoms with E-state index in [1.165, 1.54) is 15.5 Å². The lowest BCUT2D eigenvalue weighted by Gasteiger charge is -2.33. The molecule has 1 aliphatic rings. The van der Waals surface area contributed by atoms with E-state index in [-0.39, 0.29) is 6.09 Å². The topological polar surface area (TPSA) is 58.6 Å². The molecule has 1 saturated heterocycles. The summed E-state index contributed by atoms with van der Waals surface area (Å²) in [6.07, 6.45) is 7.14. The average molecular weight is 455 g/mol. The molecule has 31 heavy (non-hydrogen) atoms. The van der Waals surface area contributed by atoms with Crippen LogP contribution in [0.3, 0.4) is 0 Å².